The van der Waals surface area contributed by atoms with Gasteiger partial charge in [0.25, 0.3) is 0 Å². The molecule has 1 aliphatic rings. The van der Waals surface area contributed by atoms with E-state index in [0.29, 0.717) is 32.7 Å². The summed E-state index contributed by atoms with van der Waals surface area (Å²) in [4.78, 5) is 24.4. The van der Waals surface area contributed by atoms with Crippen LogP contribution < -0.4 is 5.32 Å². The summed E-state index contributed by atoms with van der Waals surface area (Å²) in [5.41, 5.74) is 0. The average molecular weight is 288 g/mol. The molecule has 7 heteroatoms. The summed E-state index contributed by atoms with van der Waals surface area (Å²) in [6.07, 6.45) is 2.17. The number of likely N-dealkylation sites (tertiary alicyclic amines) is 1. The summed E-state index contributed by atoms with van der Waals surface area (Å²) in [5, 5.41) is 11.8. The number of unbranched alkanes of at least 4 members (excludes halogenated alkanes) is 1. The molecule has 2 unspecified atom stereocenters. The Bertz CT molecular complexity index is 324. The molecule has 7 nitrogen and oxygen atoms in total. The van der Waals surface area contributed by atoms with Crippen LogP contribution in [0.15, 0.2) is 0 Å². The molecule has 2 amide bonds. The summed E-state index contributed by atoms with van der Waals surface area (Å²) < 4.78 is 10.5. The van der Waals surface area contributed by atoms with Gasteiger partial charge in [0.15, 0.2) is 0 Å². The van der Waals surface area contributed by atoms with E-state index in [1.165, 1.54) is 12.0 Å². The van der Waals surface area contributed by atoms with Crippen LogP contribution in [0, 0.1) is 0 Å². The van der Waals surface area contributed by atoms with Gasteiger partial charge in [-0.15, -0.1) is 0 Å². The molecule has 1 rings (SSSR count). The summed E-state index contributed by atoms with van der Waals surface area (Å²) in [5.74, 6) is -1.00. The summed E-state index contributed by atoms with van der Waals surface area (Å²) in [6, 6.07) is -1.20. The number of aliphatic carboxylic acids is 1. The molecule has 116 valence electrons. The highest BCUT2D eigenvalue weighted by atomic mass is 16.5. The van der Waals surface area contributed by atoms with Crippen molar-refractivity contribution >= 4 is 12.0 Å². The fourth-order valence-electron chi connectivity index (χ4n) is 2.11. The maximum Gasteiger partial charge on any atom is 0.326 e. The van der Waals surface area contributed by atoms with Crippen molar-refractivity contribution in [2.24, 2.45) is 0 Å². The second kappa shape index (κ2) is 8.76. The van der Waals surface area contributed by atoms with Crippen LogP contribution in [0.4, 0.5) is 4.79 Å². The molecule has 0 saturated carbocycles. The quantitative estimate of drug-likeness (QED) is 0.641. The molecule has 0 aromatic rings. The van der Waals surface area contributed by atoms with Crippen LogP contribution in [0.3, 0.4) is 0 Å². The Kier molecular flexibility index (Phi) is 7.32. The Morgan fingerprint density at radius 3 is 2.75 bits per heavy atom. The van der Waals surface area contributed by atoms with Crippen molar-refractivity contribution in [3.63, 3.8) is 0 Å². The number of urea groups is 1. The number of amides is 2. The van der Waals surface area contributed by atoms with E-state index in [9.17, 15) is 9.59 Å². The number of carboxylic acid groups (broad SMARTS) is 1. The molecular weight excluding hydrogens is 264 g/mol. The van der Waals surface area contributed by atoms with Crippen molar-refractivity contribution in [1.29, 1.82) is 0 Å². The Morgan fingerprint density at radius 1 is 1.40 bits per heavy atom. The van der Waals surface area contributed by atoms with Crippen molar-refractivity contribution in [3.8, 4) is 0 Å². The SMILES string of the molecule is CCCCOCCNC(=O)N1CC(OC)CC1C(=O)O. The Labute approximate surface area is 119 Å². The lowest BCUT2D eigenvalue weighted by Crippen LogP contribution is -2.47. The largest absolute Gasteiger partial charge is 0.480 e. The first-order valence-electron chi connectivity index (χ1n) is 6.98. The first-order chi connectivity index (χ1) is 9.60. The van der Waals surface area contributed by atoms with Gasteiger partial charge >= 0.3 is 12.0 Å². The predicted molar refractivity (Wildman–Crippen MR) is 72.7 cm³/mol. The monoisotopic (exact) mass is 288 g/mol. The number of carboxylic acids is 1. The van der Waals surface area contributed by atoms with Gasteiger partial charge in [-0.05, 0) is 6.42 Å². The summed E-state index contributed by atoms with van der Waals surface area (Å²) in [7, 11) is 1.52. The molecule has 0 spiro atoms. The van der Waals surface area contributed by atoms with Gasteiger partial charge in [0.1, 0.15) is 6.04 Å². The number of rotatable bonds is 8. The molecule has 2 N–H and O–H groups in total. The molecular formula is C13H24N2O5. The predicted octanol–water partition coefficient (Wildman–Crippen LogP) is 0.687. The minimum absolute atomic E-state index is 0.220. The minimum Gasteiger partial charge on any atom is -0.480 e. The van der Waals surface area contributed by atoms with Gasteiger partial charge in [-0.25, -0.2) is 9.59 Å². The van der Waals surface area contributed by atoms with Crippen molar-refractivity contribution in [3.05, 3.63) is 0 Å². The zero-order chi connectivity index (χ0) is 15.0. The number of nitrogens with one attached hydrogen (secondary N) is 1. The van der Waals surface area contributed by atoms with Crippen LogP contribution in [0.5, 0.6) is 0 Å². The van der Waals surface area contributed by atoms with Gasteiger partial charge in [-0.2, -0.15) is 0 Å². The lowest BCUT2D eigenvalue weighted by Gasteiger charge is -2.21. The Balaban J connectivity index is 2.32. The fraction of sp³-hybridized carbons (Fsp3) is 0.846. The molecule has 0 aromatic carbocycles. The third-order valence-electron chi connectivity index (χ3n) is 3.31. The molecule has 0 aliphatic carbocycles. The Hall–Kier alpha value is -1.34. The van der Waals surface area contributed by atoms with Gasteiger partial charge in [0.05, 0.1) is 12.7 Å². The van der Waals surface area contributed by atoms with Crippen LogP contribution in [-0.4, -0.2) is 67.6 Å². The van der Waals surface area contributed by atoms with Gasteiger partial charge in [-0.1, -0.05) is 13.3 Å². The van der Waals surface area contributed by atoms with Crippen LogP contribution >= 0.6 is 0 Å². The molecule has 1 aliphatic heterocycles. The molecule has 2 atom stereocenters. The average Bonchev–Trinajstić information content (AvgIpc) is 2.87. The fourth-order valence-corrected chi connectivity index (χ4v) is 2.11. The van der Waals surface area contributed by atoms with E-state index in [4.69, 9.17) is 14.6 Å². The highest BCUT2D eigenvalue weighted by Gasteiger charge is 2.39. The van der Waals surface area contributed by atoms with E-state index in [2.05, 4.69) is 12.2 Å². The zero-order valence-electron chi connectivity index (χ0n) is 12.1. The number of hydrogen-bond donors (Lipinski definition) is 2. The van der Waals surface area contributed by atoms with Crippen LogP contribution in [0.1, 0.15) is 26.2 Å². The van der Waals surface area contributed by atoms with E-state index in [-0.39, 0.29) is 12.1 Å². The first-order valence-corrected chi connectivity index (χ1v) is 6.98. The third-order valence-corrected chi connectivity index (χ3v) is 3.31. The molecule has 0 aromatic heterocycles. The lowest BCUT2D eigenvalue weighted by molar-refractivity contribution is -0.141. The zero-order valence-corrected chi connectivity index (χ0v) is 12.1. The number of ether oxygens (including phenoxy) is 2. The number of carbonyl (C=O) groups is 2. The molecule has 0 bridgehead atoms. The van der Waals surface area contributed by atoms with Gasteiger partial charge in [-0.3, -0.25) is 0 Å². The molecule has 1 heterocycles. The second-order valence-corrected chi connectivity index (χ2v) is 4.80. The van der Waals surface area contributed by atoms with E-state index in [1.807, 2.05) is 0 Å². The Morgan fingerprint density at radius 2 is 2.15 bits per heavy atom. The topological polar surface area (TPSA) is 88.1 Å². The molecule has 20 heavy (non-hydrogen) atoms. The number of carbonyl (C=O) groups excluding carboxylic acids is 1. The first kappa shape index (κ1) is 16.7. The summed E-state index contributed by atoms with van der Waals surface area (Å²) >= 11 is 0. The van der Waals surface area contributed by atoms with Crippen LogP contribution in [0.2, 0.25) is 0 Å². The van der Waals surface area contributed by atoms with Crippen LogP contribution in [-0.2, 0) is 14.3 Å². The number of methoxy groups -OCH3 is 1. The smallest absolute Gasteiger partial charge is 0.326 e. The maximum absolute atomic E-state index is 12.0. The van der Waals surface area contributed by atoms with E-state index in [1.54, 1.807) is 0 Å². The molecule has 0 radical (unpaired) electrons. The highest BCUT2D eigenvalue weighted by Crippen LogP contribution is 2.20. The van der Waals surface area contributed by atoms with E-state index < -0.39 is 12.0 Å². The second-order valence-electron chi connectivity index (χ2n) is 4.80. The van der Waals surface area contributed by atoms with Crippen molar-refractivity contribution in [2.45, 2.75) is 38.3 Å². The molecule has 1 fully saturated rings. The van der Waals surface area contributed by atoms with Gasteiger partial charge < -0.3 is 24.8 Å². The van der Waals surface area contributed by atoms with Crippen molar-refractivity contribution in [2.75, 3.05) is 33.4 Å². The maximum atomic E-state index is 12.0. The van der Waals surface area contributed by atoms with Gasteiger partial charge in [0, 0.05) is 33.2 Å². The normalized spacial score (nSPS) is 22.0. The molecule has 1 saturated heterocycles. The lowest BCUT2D eigenvalue weighted by atomic mass is 10.2. The van der Waals surface area contributed by atoms with Crippen molar-refractivity contribution < 1.29 is 24.2 Å². The highest BCUT2D eigenvalue weighted by molar-refractivity contribution is 5.83. The van der Waals surface area contributed by atoms with E-state index in [0.717, 1.165) is 12.8 Å². The minimum atomic E-state index is -1.00. The number of nitrogens with zero attached hydrogens (tertiary/aromatic N) is 1. The van der Waals surface area contributed by atoms with Crippen molar-refractivity contribution in [1.82, 2.24) is 10.2 Å². The van der Waals surface area contributed by atoms with Gasteiger partial charge in [0.2, 0.25) is 0 Å². The standard InChI is InChI=1S/C13H24N2O5/c1-3-4-6-20-7-5-14-13(18)15-9-10(19-2)8-11(15)12(16)17/h10-11H,3-9H2,1-2H3,(H,14,18)(H,16,17). The number of hydrogen-bond acceptors (Lipinski definition) is 4. The van der Waals surface area contributed by atoms with E-state index >= 15 is 0 Å². The summed E-state index contributed by atoms with van der Waals surface area (Å²) in [6.45, 7) is 3.88. The third kappa shape index (κ3) is 4.97. The van der Waals surface area contributed by atoms with Crippen LogP contribution in [0.25, 0.3) is 0 Å².